The van der Waals surface area contributed by atoms with Crippen molar-refractivity contribution in [2.24, 2.45) is 0 Å². The van der Waals surface area contributed by atoms with E-state index in [9.17, 15) is 5.11 Å². The van der Waals surface area contributed by atoms with Gasteiger partial charge in [-0.05, 0) is 29.8 Å². The predicted molar refractivity (Wildman–Crippen MR) is 117 cm³/mol. The number of imidazole rings is 1. The van der Waals surface area contributed by atoms with E-state index in [4.69, 9.17) is 20.9 Å². The van der Waals surface area contributed by atoms with Gasteiger partial charge in [0.25, 0.3) is 5.89 Å². The number of para-hydroxylation sites is 2. The topological polar surface area (TPSA) is 86.2 Å². The molecule has 0 fully saturated rings. The normalized spacial score (nSPS) is 11.2. The lowest BCUT2D eigenvalue weighted by molar-refractivity contribution is 0.373. The van der Waals surface area contributed by atoms with Crippen molar-refractivity contribution < 1.29 is 14.4 Å². The highest BCUT2D eigenvalue weighted by molar-refractivity contribution is 6.32. The lowest BCUT2D eigenvalue weighted by Gasteiger charge is -2.06. The molecule has 0 saturated carbocycles. The van der Waals surface area contributed by atoms with Gasteiger partial charge in [0.15, 0.2) is 11.5 Å². The van der Waals surface area contributed by atoms with Crippen LogP contribution in [-0.4, -0.2) is 31.9 Å². The molecule has 154 valence electrons. The molecule has 2 heterocycles. The summed E-state index contributed by atoms with van der Waals surface area (Å²) < 4.78 is 12.6. The highest BCUT2D eigenvalue weighted by atomic mass is 35.5. The number of ether oxygens (including phenoxy) is 1. The molecule has 0 aliphatic rings. The van der Waals surface area contributed by atoms with Gasteiger partial charge in [-0.2, -0.15) is 4.98 Å². The second-order valence-electron chi connectivity index (χ2n) is 6.99. The Morgan fingerprint density at radius 3 is 2.68 bits per heavy atom. The van der Waals surface area contributed by atoms with E-state index in [1.54, 1.807) is 12.1 Å². The Labute approximate surface area is 182 Å². The molecule has 0 amide bonds. The quantitative estimate of drug-likeness (QED) is 0.412. The minimum absolute atomic E-state index is 0.131. The van der Waals surface area contributed by atoms with Crippen molar-refractivity contribution in [1.29, 1.82) is 0 Å². The van der Waals surface area contributed by atoms with Crippen molar-refractivity contribution in [2.75, 3.05) is 7.11 Å². The zero-order valence-electron chi connectivity index (χ0n) is 16.5. The van der Waals surface area contributed by atoms with E-state index in [0.717, 1.165) is 22.2 Å². The summed E-state index contributed by atoms with van der Waals surface area (Å²) in [5, 5.41) is 14.1. The number of aromatic nitrogens is 4. The van der Waals surface area contributed by atoms with E-state index in [1.165, 1.54) is 7.11 Å². The standard InChI is InChI=1S/C23H17ClN4O3/c1-30-20-11-16(10-17(24)21(20)29)23-26-22(27-31-23)15-8-6-14(7-9-15)12-28-13-25-18-4-2-3-5-19(18)28/h2-11,13,29H,12H2,1H3. The Balaban J connectivity index is 1.39. The lowest BCUT2D eigenvalue weighted by atomic mass is 10.1. The molecule has 8 heteroatoms. The molecule has 5 aromatic rings. The Bertz CT molecular complexity index is 1380. The van der Waals surface area contributed by atoms with Crippen LogP contribution in [0.25, 0.3) is 33.9 Å². The second-order valence-corrected chi connectivity index (χ2v) is 7.40. The Hall–Kier alpha value is -3.84. The van der Waals surface area contributed by atoms with E-state index in [0.29, 0.717) is 17.9 Å². The average Bonchev–Trinajstić information content (AvgIpc) is 3.44. The zero-order chi connectivity index (χ0) is 21.4. The second kappa shape index (κ2) is 7.77. The van der Waals surface area contributed by atoms with Gasteiger partial charge in [0, 0.05) is 17.7 Å². The maximum absolute atomic E-state index is 9.90. The number of hydrogen-bond acceptors (Lipinski definition) is 6. The van der Waals surface area contributed by atoms with Crippen molar-refractivity contribution in [3.05, 3.63) is 77.6 Å². The first-order chi connectivity index (χ1) is 15.1. The van der Waals surface area contributed by atoms with Crippen LogP contribution in [0.15, 0.2) is 71.5 Å². The highest BCUT2D eigenvalue weighted by Crippen LogP contribution is 2.38. The smallest absolute Gasteiger partial charge is 0.258 e. The Morgan fingerprint density at radius 2 is 1.87 bits per heavy atom. The number of halogens is 1. The molecule has 5 rings (SSSR count). The van der Waals surface area contributed by atoms with E-state index in [-0.39, 0.29) is 22.4 Å². The molecule has 0 saturated heterocycles. The number of phenolic OH excluding ortho intramolecular Hbond substituents is 1. The minimum atomic E-state index is -0.131. The summed E-state index contributed by atoms with van der Waals surface area (Å²) in [5.74, 6) is 0.842. The molecular formula is C23H17ClN4O3. The third kappa shape index (κ3) is 3.60. The highest BCUT2D eigenvalue weighted by Gasteiger charge is 2.16. The third-order valence-electron chi connectivity index (χ3n) is 5.01. The van der Waals surface area contributed by atoms with Gasteiger partial charge >= 0.3 is 0 Å². The van der Waals surface area contributed by atoms with Gasteiger partial charge in [0.1, 0.15) is 0 Å². The number of fused-ring (bicyclic) bond motifs is 1. The monoisotopic (exact) mass is 432 g/mol. The van der Waals surface area contributed by atoms with Gasteiger partial charge in [-0.15, -0.1) is 0 Å². The number of phenols is 1. The molecule has 3 aromatic carbocycles. The van der Waals surface area contributed by atoms with Crippen LogP contribution < -0.4 is 4.74 Å². The SMILES string of the molecule is COc1cc(-c2nc(-c3ccc(Cn4cnc5ccccc54)cc3)no2)cc(Cl)c1O. The molecule has 2 aromatic heterocycles. The van der Waals surface area contributed by atoms with Gasteiger partial charge in [-0.25, -0.2) is 4.98 Å². The molecule has 0 aliphatic heterocycles. The molecule has 31 heavy (non-hydrogen) atoms. The first kappa shape index (κ1) is 19.1. The fourth-order valence-electron chi connectivity index (χ4n) is 3.40. The Kier molecular flexibility index (Phi) is 4.80. The molecular weight excluding hydrogens is 416 g/mol. The van der Waals surface area contributed by atoms with Gasteiger partial charge < -0.3 is 18.9 Å². The van der Waals surface area contributed by atoms with Crippen LogP contribution in [-0.2, 0) is 6.54 Å². The van der Waals surface area contributed by atoms with Crippen LogP contribution in [0.2, 0.25) is 5.02 Å². The Morgan fingerprint density at radius 1 is 1.06 bits per heavy atom. The largest absolute Gasteiger partial charge is 0.503 e. The molecule has 7 nitrogen and oxygen atoms in total. The minimum Gasteiger partial charge on any atom is -0.503 e. The fraction of sp³-hybridized carbons (Fsp3) is 0.0870. The van der Waals surface area contributed by atoms with E-state index in [2.05, 4.69) is 25.8 Å². The summed E-state index contributed by atoms with van der Waals surface area (Å²) in [6.07, 6.45) is 1.85. The summed E-state index contributed by atoms with van der Waals surface area (Å²) in [5.41, 5.74) is 4.58. The summed E-state index contributed by atoms with van der Waals surface area (Å²) in [6.45, 7) is 0.712. The fourth-order valence-corrected chi connectivity index (χ4v) is 3.61. The molecule has 1 N–H and O–H groups in total. The molecule has 0 atom stereocenters. The number of aromatic hydroxyl groups is 1. The number of methoxy groups -OCH3 is 1. The first-order valence-corrected chi connectivity index (χ1v) is 9.90. The summed E-state index contributed by atoms with van der Waals surface area (Å²) >= 11 is 6.06. The van der Waals surface area contributed by atoms with Crippen LogP contribution in [0.3, 0.4) is 0 Å². The average molecular weight is 433 g/mol. The summed E-state index contributed by atoms with van der Waals surface area (Å²) in [4.78, 5) is 8.89. The first-order valence-electron chi connectivity index (χ1n) is 9.52. The molecule has 0 aliphatic carbocycles. The number of nitrogens with zero attached hydrogens (tertiary/aromatic N) is 4. The lowest BCUT2D eigenvalue weighted by Crippen LogP contribution is -1.97. The number of benzene rings is 3. The number of hydrogen-bond donors (Lipinski definition) is 1. The van der Waals surface area contributed by atoms with Crippen LogP contribution in [0, 0.1) is 0 Å². The molecule has 0 unspecified atom stereocenters. The molecule has 0 spiro atoms. The van der Waals surface area contributed by atoms with Crippen molar-refractivity contribution in [3.63, 3.8) is 0 Å². The molecule has 0 radical (unpaired) electrons. The maximum atomic E-state index is 9.90. The summed E-state index contributed by atoms with van der Waals surface area (Å²) in [7, 11) is 1.45. The zero-order valence-corrected chi connectivity index (χ0v) is 17.2. The van der Waals surface area contributed by atoms with E-state index < -0.39 is 0 Å². The van der Waals surface area contributed by atoms with E-state index >= 15 is 0 Å². The van der Waals surface area contributed by atoms with Crippen LogP contribution in [0.4, 0.5) is 0 Å². The van der Waals surface area contributed by atoms with Crippen LogP contribution in [0.5, 0.6) is 11.5 Å². The predicted octanol–water partition coefficient (Wildman–Crippen LogP) is 5.17. The van der Waals surface area contributed by atoms with Crippen molar-refractivity contribution >= 4 is 22.6 Å². The van der Waals surface area contributed by atoms with Crippen LogP contribution >= 0.6 is 11.6 Å². The van der Waals surface area contributed by atoms with Gasteiger partial charge in [0.2, 0.25) is 5.82 Å². The van der Waals surface area contributed by atoms with E-state index in [1.807, 2.05) is 48.8 Å². The van der Waals surface area contributed by atoms with Gasteiger partial charge in [0.05, 0.1) is 29.5 Å². The van der Waals surface area contributed by atoms with Crippen molar-refractivity contribution in [1.82, 2.24) is 19.7 Å². The van der Waals surface area contributed by atoms with Crippen LogP contribution in [0.1, 0.15) is 5.56 Å². The van der Waals surface area contributed by atoms with Gasteiger partial charge in [-0.1, -0.05) is 53.2 Å². The number of rotatable bonds is 5. The maximum Gasteiger partial charge on any atom is 0.258 e. The third-order valence-corrected chi connectivity index (χ3v) is 5.30. The molecule has 0 bridgehead atoms. The van der Waals surface area contributed by atoms with Crippen molar-refractivity contribution in [3.8, 4) is 34.3 Å². The van der Waals surface area contributed by atoms with Crippen molar-refractivity contribution in [2.45, 2.75) is 6.54 Å². The summed E-state index contributed by atoms with van der Waals surface area (Å²) in [6, 6.07) is 19.2. The van der Waals surface area contributed by atoms with Gasteiger partial charge in [-0.3, -0.25) is 0 Å².